The summed E-state index contributed by atoms with van der Waals surface area (Å²) in [5, 5.41) is 9.26. The average molecular weight is 318 g/mol. The molecule has 3 rings (SSSR count). The third kappa shape index (κ3) is 2.87. The monoisotopic (exact) mass is 318 g/mol. The van der Waals surface area contributed by atoms with Gasteiger partial charge in [0.1, 0.15) is 0 Å². The fourth-order valence-electron chi connectivity index (χ4n) is 3.55. The number of carboxylic acid groups (broad SMARTS) is 1. The van der Waals surface area contributed by atoms with Crippen molar-refractivity contribution in [3.05, 3.63) is 18.5 Å². The van der Waals surface area contributed by atoms with Crippen molar-refractivity contribution in [1.82, 2.24) is 14.9 Å². The van der Waals surface area contributed by atoms with Crippen molar-refractivity contribution in [2.24, 2.45) is 17.3 Å². The van der Waals surface area contributed by atoms with Crippen molar-refractivity contribution >= 4 is 17.8 Å². The van der Waals surface area contributed by atoms with Crippen LogP contribution in [0.1, 0.15) is 20.3 Å². The summed E-state index contributed by atoms with van der Waals surface area (Å²) >= 11 is 0. The van der Waals surface area contributed by atoms with Crippen LogP contribution in [0.25, 0.3) is 0 Å². The lowest BCUT2D eigenvalue weighted by Gasteiger charge is -2.22. The smallest absolute Gasteiger partial charge is 0.307 e. The summed E-state index contributed by atoms with van der Waals surface area (Å²) in [7, 11) is 0. The Morgan fingerprint density at radius 3 is 2.43 bits per heavy atom. The summed E-state index contributed by atoms with van der Waals surface area (Å²) in [5.74, 6) is -1.19. The van der Waals surface area contributed by atoms with Gasteiger partial charge in [-0.2, -0.15) is 0 Å². The van der Waals surface area contributed by atoms with Gasteiger partial charge < -0.3 is 14.9 Å². The Morgan fingerprint density at radius 1 is 1.13 bits per heavy atom. The predicted octanol–water partition coefficient (Wildman–Crippen LogP) is 0.872. The van der Waals surface area contributed by atoms with E-state index < -0.39 is 23.2 Å². The number of carbonyl (C=O) groups is 2. The van der Waals surface area contributed by atoms with Crippen molar-refractivity contribution in [1.29, 1.82) is 0 Å². The molecule has 1 aromatic rings. The molecule has 1 saturated carbocycles. The van der Waals surface area contributed by atoms with Gasteiger partial charge in [-0.25, -0.2) is 9.97 Å². The van der Waals surface area contributed by atoms with Gasteiger partial charge in [0.2, 0.25) is 11.9 Å². The zero-order valence-corrected chi connectivity index (χ0v) is 13.5. The summed E-state index contributed by atoms with van der Waals surface area (Å²) in [6.07, 6.45) is 4.25. The maximum atomic E-state index is 12.7. The van der Waals surface area contributed by atoms with Crippen LogP contribution < -0.4 is 4.90 Å². The molecule has 7 heteroatoms. The van der Waals surface area contributed by atoms with E-state index in [0.29, 0.717) is 25.6 Å². The molecule has 0 radical (unpaired) electrons. The van der Waals surface area contributed by atoms with Crippen LogP contribution in [0.2, 0.25) is 0 Å². The van der Waals surface area contributed by atoms with Gasteiger partial charge >= 0.3 is 5.97 Å². The van der Waals surface area contributed by atoms with Gasteiger partial charge in [0.25, 0.3) is 0 Å². The van der Waals surface area contributed by atoms with E-state index in [4.69, 9.17) is 0 Å². The van der Waals surface area contributed by atoms with Crippen LogP contribution in [0.15, 0.2) is 18.5 Å². The average Bonchev–Trinajstić information content (AvgIpc) is 3.18. The molecule has 23 heavy (non-hydrogen) atoms. The van der Waals surface area contributed by atoms with E-state index in [2.05, 4.69) is 14.9 Å². The van der Waals surface area contributed by atoms with E-state index in [1.807, 2.05) is 13.8 Å². The predicted molar refractivity (Wildman–Crippen MR) is 83.8 cm³/mol. The van der Waals surface area contributed by atoms with Gasteiger partial charge in [-0.15, -0.1) is 0 Å². The van der Waals surface area contributed by atoms with E-state index in [9.17, 15) is 14.7 Å². The molecule has 7 nitrogen and oxygen atoms in total. The highest BCUT2D eigenvalue weighted by Gasteiger charge is 2.66. The number of amides is 1. The molecule has 1 aromatic heterocycles. The molecule has 124 valence electrons. The fraction of sp³-hybridized carbons (Fsp3) is 0.625. The van der Waals surface area contributed by atoms with Gasteiger partial charge in [-0.1, -0.05) is 13.8 Å². The van der Waals surface area contributed by atoms with Crippen LogP contribution in [-0.4, -0.2) is 58.0 Å². The maximum Gasteiger partial charge on any atom is 0.307 e. The second kappa shape index (κ2) is 5.79. The molecule has 2 heterocycles. The highest BCUT2D eigenvalue weighted by Crippen LogP contribution is 2.59. The molecule has 1 aliphatic carbocycles. The van der Waals surface area contributed by atoms with Crippen molar-refractivity contribution < 1.29 is 14.7 Å². The number of carbonyl (C=O) groups excluding carboxylic acids is 1. The number of hydrogen-bond acceptors (Lipinski definition) is 5. The first-order valence-electron chi connectivity index (χ1n) is 7.96. The summed E-state index contributed by atoms with van der Waals surface area (Å²) in [6.45, 7) is 6.41. The van der Waals surface area contributed by atoms with E-state index >= 15 is 0 Å². The topological polar surface area (TPSA) is 86.6 Å². The number of hydrogen-bond donors (Lipinski definition) is 1. The van der Waals surface area contributed by atoms with Gasteiger partial charge in [0.05, 0.1) is 11.8 Å². The van der Waals surface area contributed by atoms with Gasteiger partial charge in [0, 0.05) is 38.6 Å². The van der Waals surface area contributed by atoms with E-state index in [1.165, 1.54) is 0 Å². The van der Waals surface area contributed by atoms with Crippen LogP contribution in [0.4, 0.5) is 5.95 Å². The van der Waals surface area contributed by atoms with Crippen LogP contribution in [0.5, 0.6) is 0 Å². The minimum absolute atomic E-state index is 0.0294. The third-order valence-electron chi connectivity index (χ3n) is 5.00. The number of nitrogens with zero attached hydrogens (tertiary/aromatic N) is 4. The lowest BCUT2D eigenvalue weighted by Crippen LogP contribution is -2.37. The summed E-state index contributed by atoms with van der Waals surface area (Å²) in [6, 6.07) is 1.78. The first-order chi connectivity index (χ1) is 10.9. The van der Waals surface area contributed by atoms with Crippen LogP contribution in [0, 0.1) is 17.3 Å². The normalized spacial score (nSPS) is 26.5. The van der Waals surface area contributed by atoms with E-state index in [0.717, 1.165) is 13.0 Å². The molecule has 2 unspecified atom stereocenters. The highest BCUT2D eigenvalue weighted by atomic mass is 16.4. The Kier molecular flexibility index (Phi) is 3.95. The SMILES string of the molecule is CC1(C)C(C(=O)O)C1C(=O)N1CCCN(c2ncccn2)CC1. The Labute approximate surface area is 135 Å². The molecule has 0 bridgehead atoms. The molecule has 1 aliphatic heterocycles. The van der Waals surface area contributed by atoms with Crippen molar-refractivity contribution in [3.63, 3.8) is 0 Å². The Morgan fingerprint density at radius 2 is 1.83 bits per heavy atom. The van der Waals surface area contributed by atoms with E-state index in [1.54, 1.807) is 23.4 Å². The molecule has 2 atom stereocenters. The third-order valence-corrected chi connectivity index (χ3v) is 5.00. The van der Waals surface area contributed by atoms with Crippen LogP contribution in [0.3, 0.4) is 0 Å². The minimum Gasteiger partial charge on any atom is -0.481 e. The second-order valence-corrected chi connectivity index (χ2v) is 6.83. The largest absolute Gasteiger partial charge is 0.481 e. The lowest BCUT2D eigenvalue weighted by molar-refractivity contribution is -0.142. The molecular formula is C16H22N4O3. The molecule has 0 aromatic carbocycles. The summed E-state index contributed by atoms with van der Waals surface area (Å²) in [5.41, 5.74) is -0.447. The Balaban J connectivity index is 1.65. The maximum absolute atomic E-state index is 12.7. The van der Waals surface area contributed by atoms with E-state index in [-0.39, 0.29) is 5.91 Å². The molecule has 0 spiro atoms. The first kappa shape index (κ1) is 15.7. The van der Waals surface area contributed by atoms with Crippen molar-refractivity contribution in [2.75, 3.05) is 31.1 Å². The van der Waals surface area contributed by atoms with Gasteiger partial charge in [-0.05, 0) is 17.9 Å². The number of aromatic nitrogens is 2. The number of aliphatic carboxylic acids is 1. The molecule has 2 aliphatic rings. The molecule has 1 amide bonds. The van der Waals surface area contributed by atoms with Gasteiger partial charge in [0.15, 0.2) is 0 Å². The quantitative estimate of drug-likeness (QED) is 0.890. The summed E-state index contributed by atoms with van der Waals surface area (Å²) in [4.78, 5) is 36.4. The number of rotatable bonds is 3. The lowest BCUT2D eigenvalue weighted by atomic mass is 10.1. The molecular weight excluding hydrogens is 296 g/mol. The zero-order valence-electron chi connectivity index (χ0n) is 13.5. The van der Waals surface area contributed by atoms with Crippen LogP contribution >= 0.6 is 0 Å². The minimum atomic E-state index is -0.873. The first-order valence-corrected chi connectivity index (χ1v) is 7.96. The number of anilines is 1. The fourth-order valence-corrected chi connectivity index (χ4v) is 3.55. The zero-order chi connectivity index (χ0) is 16.6. The molecule has 1 saturated heterocycles. The number of carboxylic acids is 1. The summed E-state index contributed by atoms with van der Waals surface area (Å²) < 4.78 is 0. The Bertz CT molecular complexity index is 605. The van der Waals surface area contributed by atoms with Crippen molar-refractivity contribution in [3.8, 4) is 0 Å². The highest BCUT2D eigenvalue weighted by molar-refractivity contribution is 5.91. The van der Waals surface area contributed by atoms with Crippen molar-refractivity contribution in [2.45, 2.75) is 20.3 Å². The Hall–Kier alpha value is -2.18. The molecule has 2 fully saturated rings. The van der Waals surface area contributed by atoms with Crippen LogP contribution in [-0.2, 0) is 9.59 Å². The van der Waals surface area contributed by atoms with Gasteiger partial charge in [-0.3, -0.25) is 9.59 Å². The molecule has 1 N–H and O–H groups in total. The second-order valence-electron chi connectivity index (χ2n) is 6.83. The standard InChI is InChI=1S/C16H22N4O3/c1-16(2)11(12(16)14(22)23)13(21)19-7-4-8-20(10-9-19)15-17-5-3-6-18-15/h3,5-6,11-12H,4,7-10H2,1-2H3,(H,22,23).